The summed E-state index contributed by atoms with van der Waals surface area (Å²) in [7, 11) is 0. The van der Waals surface area contributed by atoms with E-state index in [0.29, 0.717) is 5.57 Å². The van der Waals surface area contributed by atoms with Gasteiger partial charge >= 0.3 is 5.97 Å². The van der Waals surface area contributed by atoms with E-state index in [1.54, 1.807) is 6.92 Å². The van der Waals surface area contributed by atoms with Gasteiger partial charge in [-0.3, -0.25) is 0 Å². The number of carboxylic acids is 1. The molecule has 96 valence electrons. The molecule has 0 atom stereocenters. The van der Waals surface area contributed by atoms with Gasteiger partial charge in [-0.05, 0) is 39.0 Å². The number of carbonyl (C=O) groups is 1. The lowest BCUT2D eigenvalue weighted by Gasteiger charge is -2.22. The van der Waals surface area contributed by atoms with Gasteiger partial charge in [0.2, 0.25) is 0 Å². The fraction of sp³-hybridized carbons (Fsp3) is 0.643. The summed E-state index contributed by atoms with van der Waals surface area (Å²) in [5, 5.41) is 9.11. The monoisotopic (exact) mass is 237 g/mol. The van der Waals surface area contributed by atoms with Crippen molar-refractivity contribution < 1.29 is 9.90 Å². The Hall–Kier alpha value is -1.25. The lowest BCUT2D eigenvalue weighted by atomic mass is 10.1. The Kier molecular flexibility index (Phi) is 5.81. The highest BCUT2D eigenvalue weighted by molar-refractivity contribution is 5.86. The quantitative estimate of drug-likeness (QED) is 0.569. The predicted molar refractivity (Wildman–Crippen MR) is 69.8 cm³/mol. The Morgan fingerprint density at radius 1 is 1.29 bits per heavy atom. The van der Waals surface area contributed by atoms with Crippen LogP contribution in [0.1, 0.15) is 46.0 Å². The summed E-state index contributed by atoms with van der Waals surface area (Å²) in [4.78, 5) is 13.3. The van der Waals surface area contributed by atoms with Crippen LogP contribution < -0.4 is 0 Å². The molecular formula is C14H23NO2. The SMILES string of the molecule is CCC=CCCC(=C(C)C(=O)O)N1CCCC1. The van der Waals surface area contributed by atoms with Gasteiger partial charge in [-0.1, -0.05) is 19.1 Å². The Balaban J connectivity index is 2.68. The molecule has 3 nitrogen and oxygen atoms in total. The van der Waals surface area contributed by atoms with Gasteiger partial charge in [0.05, 0.1) is 5.57 Å². The van der Waals surface area contributed by atoms with Crippen LogP contribution in [0.25, 0.3) is 0 Å². The highest BCUT2D eigenvalue weighted by Crippen LogP contribution is 2.22. The zero-order valence-electron chi connectivity index (χ0n) is 10.9. The third-order valence-electron chi connectivity index (χ3n) is 3.19. The number of likely N-dealkylation sites (tertiary alicyclic amines) is 1. The highest BCUT2D eigenvalue weighted by Gasteiger charge is 2.18. The molecule has 0 saturated carbocycles. The van der Waals surface area contributed by atoms with Crippen molar-refractivity contribution in [2.75, 3.05) is 13.1 Å². The van der Waals surface area contributed by atoms with Gasteiger partial charge in [0.1, 0.15) is 0 Å². The van der Waals surface area contributed by atoms with Crippen molar-refractivity contribution in [3.8, 4) is 0 Å². The van der Waals surface area contributed by atoms with Crippen LogP contribution in [0.3, 0.4) is 0 Å². The van der Waals surface area contributed by atoms with Crippen LogP contribution in [-0.2, 0) is 4.79 Å². The topological polar surface area (TPSA) is 40.5 Å². The second kappa shape index (κ2) is 7.15. The van der Waals surface area contributed by atoms with Crippen molar-refractivity contribution in [2.24, 2.45) is 0 Å². The van der Waals surface area contributed by atoms with Crippen molar-refractivity contribution in [3.63, 3.8) is 0 Å². The fourth-order valence-corrected chi connectivity index (χ4v) is 2.20. The van der Waals surface area contributed by atoms with Crippen molar-refractivity contribution in [1.29, 1.82) is 0 Å². The summed E-state index contributed by atoms with van der Waals surface area (Å²) >= 11 is 0. The smallest absolute Gasteiger partial charge is 0.333 e. The maximum absolute atomic E-state index is 11.1. The van der Waals surface area contributed by atoms with Crippen molar-refractivity contribution in [2.45, 2.75) is 46.0 Å². The molecule has 0 bridgehead atoms. The molecule has 0 aromatic carbocycles. The summed E-state index contributed by atoms with van der Waals surface area (Å²) in [5.41, 5.74) is 1.53. The second-order valence-corrected chi connectivity index (χ2v) is 4.49. The van der Waals surface area contributed by atoms with Crippen LogP contribution >= 0.6 is 0 Å². The maximum Gasteiger partial charge on any atom is 0.333 e. The molecule has 1 saturated heterocycles. The first kappa shape index (κ1) is 13.8. The van der Waals surface area contributed by atoms with E-state index in [1.165, 1.54) is 12.8 Å². The average molecular weight is 237 g/mol. The lowest BCUT2D eigenvalue weighted by Crippen LogP contribution is -2.21. The van der Waals surface area contributed by atoms with E-state index < -0.39 is 5.97 Å². The van der Waals surface area contributed by atoms with Crippen LogP contribution in [0, 0.1) is 0 Å². The zero-order chi connectivity index (χ0) is 12.7. The van der Waals surface area contributed by atoms with Crippen molar-refractivity contribution in [3.05, 3.63) is 23.4 Å². The largest absolute Gasteiger partial charge is 0.478 e. The van der Waals surface area contributed by atoms with Crippen molar-refractivity contribution >= 4 is 5.97 Å². The van der Waals surface area contributed by atoms with Gasteiger partial charge in [0.15, 0.2) is 0 Å². The second-order valence-electron chi connectivity index (χ2n) is 4.49. The molecule has 1 heterocycles. The Bertz CT molecular complexity index is 312. The minimum absolute atomic E-state index is 0.511. The van der Waals surface area contributed by atoms with Gasteiger partial charge in [-0.15, -0.1) is 0 Å². The Morgan fingerprint density at radius 3 is 2.47 bits per heavy atom. The molecule has 17 heavy (non-hydrogen) atoms. The van der Waals surface area contributed by atoms with Crippen LogP contribution in [0.4, 0.5) is 0 Å². The summed E-state index contributed by atoms with van der Waals surface area (Å²) in [5.74, 6) is -0.786. The average Bonchev–Trinajstić information content (AvgIpc) is 2.81. The number of hydrogen-bond acceptors (Lipinski definition) is 2. The molecule has 1 aliphatic rings. The van der Waals surface area contributed by atoms with Crippen LogP contribution in [-0.4, -0.2) is 29.1 Å². The van der Waals surface area contributed by atoms with E-state index in [2.05, 4.69) is 24.0 Å². The molecule has 0 spiro atoms. The van der Waals surface area contributed by atoms with E-state index >= 15 is 0 Å². The number of rotatable bonds is 6. The highest BCUT2D eigenvalue weighted by atomic mass is 16.4. The molecule has 3 heteroatoms. The molecule has 1 N–H and O–H groups in total. The maximum atomic E-state index is 11.1. The lowest BCUT2D eigenvalue weighted by molar-refractivity contribution is -0.132. The van der Waals surface area contributed by atoms with Crippen LogP contribution in [0.2, 0.25) is 0 Å². The standard InChI is InChI=1S/C14H23NO2/c1-3-4-5-6-9-13(12(2)14(16)17)15-10-7-8-11-15/h4-5H,3,6-11H2,1-2H3,(H,16,17). The molecule has 1 fully saturated rings. The Labute approximate surface area is 104 Å². The molecule has 0 aromatic rings. The molecule has 1 rings (SSSR count). The minimum atomic E-state index is -0.786. The van der Waals surface area contributed by atoms with Gasteiger partial charge in [-0.2, -0.15) is 0 Å². The molecular weight excluding hydrogens is 214 g/mol. The van der Waals surface area contributed by atoms with Gasteiger partial charge in [0, 0.05) is 18.8 Å². The summed E-state index contributed by atoms with van der Waals surface area (Å²) in [6.07, 6.45) is 9.46. The third kappa shape index (κ3) is 4.25. The predicted octanol–water partition coefficient (Wildman–Crippen LogP) is 3.19. The molecule has 0 unspecified atom stereocenters. The molecule has 1 aliphatic heterocycles. The van der Waals surface area contributed by atoms with E-state index in [0.717, 1.165) is 38.0 Å². The van der Waals surface area contributed by atoms with Crippen LogP contribution in [0.15, 0.2) is 23.4 Å². The van der Waals surface area contributed by atoms with E-state index in [9.17, 15) is 4.79 Å². The number of aliphatic carboxylic acids is 1. The van der Waals surface area contributed by atoms with E-state index in [4.69, 9.17) is 5.11 Å². The van der Waals surface area contributed by atoms with E-state index in [-0.39, 0.29) is 0 Å². The number of nitrogens with zero attached hydrogens (tertiary/aromatic N) is 1. The minimum Gasteiger partial charge on any atom is -0.478 e. The van der Waals surface area contributed by atoms with Gasteiger partial charge < -0.3 is 10.0 Å². The first-order chi connectivity index (χ1) is 8.16. The third-order valence-corrected chi connectivity index (χ3v) is 3.19. The number of allylic oxidation sites excluding steroid dienone is 3. The van der Waals surface area contributed by atoms with Gasteiger partial charge in [-0.25, -0.2) is 4.79 Å². The molecule has 0 aliphatic carbocycles. The normalized spacial score (nSPS) is 17.6. The summed E-state index contributed by atoms with van der Waals surface area (Å²) in [6.45, 7) is 5.85. The molecule has 0 amide bonds. The van der Waals surface area contributed by atoms with Gasteiger partial charge in [0.25, 0.3) is 0 Å². The summed E-state index contributed by atoms with van der Waals surface area (Å²) in [6, 6.07) is 0. The number of hydrogen-bond donors (Lipinski definition) is 1. The van der Waals surface area contributed by atoms with E-state index in [1.807, 2.05) is 0 Å². The molecule has 0 radical (unpaired) electrons. The number of carboxylic acid groups (broad SMARTS) is 1. The first-order valence-electron chi connectivity index (χ1n) is 6.49. The Morgan fingerprint density at radius 2 is 1.94 bits per heavy atom. The first-order valence-corrected chi connectivity index (χ1v) is 6.49. The summed E-state index contributed by atoms with van der Waals surface area (Å²) < 4.78 is 0. The van der Waals surface area contributed by atoms with Crippen LogP contribution in [0.5, 0.6) is 0 Å². The van der Waals surface area contributed by atoms with Crippen molar-refractivity contribution in [1.82, 2.24) is 4.90 Å². The molecule has 0 aromatic heterocycles. The zero-order valence-corrected chi connectivity index (χ0v) is 10.9. The fourth-order valence-electron chi connectivity index (χ4n) is 2.20.